The van der Waals surface area contributed by atoms with Crippen molar-refractivity contribution in [3.63, 3.8) is 0 Å². The standard InChI is InChI=1S/C24H25FN2O5S/c1-16-6-5-7-17(2)24(16)26-23(28)15-27(19-10-8-18(25)9-11-19)33(29,30)20-12-13-21(31-3)22(14-20)32-4/h5-14H,15H2,1-4H3,(H,26,28). The average molecular weight is 473 g/mol. The van der Waals surface area contributed by atoms with Crippen LogP contribution in [-0.4, -0.2) is 35.1 Å². The Morgan fingerprint density at radius 2 is 1.55 bits per heavy atom. The van der Waals surface area contributed by atoms with Crippen LogP contribution in [0.3, 0.4) is 0 Å². The monoisotopic (exact) mass is 472 g/mol. The Hall–Kier alpha value is -3.59. The Kier molecular flexibility index (Phi) is 7.23. The molecule has 0 saturated heterocycles. The van der Waals surface area contributed by atoms with Crippen LogP contribution in [0, 0.1) is 19.7 Å². The van der Waals surface area contributed by atoms with Gasteiger partial charge in [-0.25, -0.2) is 12.8 Å². The minimum atomic E-state index is -4.22. The number of anilines is 2. The second kappa shape index (κ2) is 9.91. The fourth-order valence-corrected chi connectivity index (χ4v) is 4.78. The number of ether oxygens (including phenoxy) is 2. The Labute approximate surface area is 192 Å². The number of rotatable bonds is 8. The summed E-state index contributed by atoms with van der Waals surface area (Å²) in [6.07, 6.45) is 0. The lowest BCUT2D eigenvalue weighted by atomic mass is 10.1. The number of nitrogens with one attached hydrogen (secondary N) is 1. The van der Waals surface area contributed by atoms with Crippen molar-refractivity contribution < 1.29 is 27.1 Å². The van der Waals surface area contributed by atoms with Gasteiger partial charge in [0.1, 0.15) is 12.4 Å². The summed E-state index contributed by atoms with van der Waals surface area (Å²) in [4.78, 5) is 12.8. The van der Waals surface area contributed by atoms with Gasteiger partial charge in [0, 0.05) is 11.8 Å². The Morgan fingerprint density at radius 3 is 2.12 bits per heavy atom. The maximum absolute atomic E-state index is 13.6. The zero-order valence-electron chi connectivity index (χ0n) is 18.8. The van der Waals surface area contributed by atoms with Gasteiger partial charge in [0.05, 0.1) is 24.8 Å². The average Bonchev–Trinajstić information content (AvgIpc) is 2.80. The number of para-hydroxylation sites is 1. The molecule has 0 saturated carbocycles. The molecule has 0 fully saturated rings. The van der Waals surface area contributed by atoms with Gasteiger partial charge >= 0.3 is 0 Å². The summed E-state index contributed by atoms with van der Waals surface area (Å²) in [6, 6.07) is 14.6. The minimum Gasteiger partial charge on any atom is -0.493 e. The van der Waals surface area contributed by atoms with Gasteiger partial charge in [0.25, 0.3) is 10.0 Å². The Balaban J connectivity index is 2.01. The van der Waals surface area contributed by atoms with Crippen molar-refractivity contribution in [2.75, 3.05) is 30.4 Å². The van der Waals surface area contributed by atoms with Gasteiger partial charge in [-0.1, -0.05) is 18.2 Å². The van der Waals surface area contributed by atoms with Gasteiger partial charge in [-0.15, -0.1) is 0 Å². The van der Waals surface area contributed by atoms with Crippen molar-refractivity contribution in [2.45, 2.75) is 18.7 Å². The molecule has 33 heavy (non-hydrogen) atoms. The van der Waals surface area contributed by atoms with E-state index in [2.05, 4.69) is 5.32 Å². The third-order valence-electron chi connectivity index (χ3n) is 5.09. The molecule has 1 amide bonds. The molecule has 0 aliphatic heterocycles. The van der Waals surface area contributed by atoms with Crippen molar-refractivity contribution in [3.8, 4) is 11.5 Å². The van der Waals surface area contributed by atoms with Gasteiger partial charge in [-0.3, -0.25) is 9.10 Å². The van der Waals surface area contributed by atoms with Crippen LogP contribution < -0.4 is 19.1 Å². The molecule has 174 valence electrons. The first kappa shape index (κ1) is 24.1. The molecule has 7 nitrogen and oxygen atoms in total. The van der Waals surface area contributed by atoms with Gasteiger partial charge in [0.15, 0.2) is 11.5 Å². The zero-order valence-corrected chi connectivity index (χ0v) is 19.6. The summed E-state index contributed by atoms with van der Waals surface area (Å²) in [5, 5.41) is 2.79. The first-order chi connectivity index (χ1) is 15.7. The van der Waals surface area contributed by atoms with E-state index in [1.54, 1.807) is 0 Å². The largest absolute Gasteiger partial charge is 0.493 e. The van der Waals surface area contributed by atoms with Gasteiger partial charge in [0.2, 0.25) is 5.91 Å². The first-order valence-corrected chi connectivity index (χ1v) is 11.5. The molecular weight excluding hydrogens is 447 g/mol. The van der Waals surface area contributed by atoms with Crippen molar-refractivity contribution >= 4 is 27.3 Å². The highest BCUT2D eigenvalue weighted by atomic mass is 32.2. The summed E-state index contributed by atoms with van der Waals surface area (Å²) < 4.78 is 52.0. The molecule has 0 atom stereocenters. The molecular formula is C24H25FN2O5S. The molecule has 0 unspecified atom stereocenters. The van der Waals surface area contributed by atoms with Crippen LogP contribution >= 0.6 is 0 Å². The van der Waals surface area contributed by atoms with Gasteiger partial charge in [-0.2, -0.15) is 0 Å². The van der Waals surface area contributed by atoms with E-state index in [0.29, 0.717) is 11.4 Å². The van der Waals surface area contributed by atoms with Crippen molar-refractivity contribution in [3.05, 3.63) is 77.6 Å². The molecule has 3 aromatic carbocycles. The number of aryl methyl sites for hydroxylation is 2. The van der Waals surface area contributed by atoms with Crippen LogP contribution in [0.2, 0.25) is 0 Å². The minimum absolute atomic E-state index is 0.107. The lowest BCUT2D eigenvalue weighted by molar-refractivity contribution is -0.114. The van der Waals surface area contributed by atoms with E-state index >= 15 is 0 Å². The summed E-state index contributed by atoms with van der Waals surface area (Å²) in [6.45, 7) is 3.18. The number of hydrogen-bond donors (Lipinski definition) is 1. The predicted octanol–water partition coefficient (Wildman–Crippen LogP) is 4.29. The molecule has 0 aliphatic rings. The molecule has 0 radical (unpaired) electrons. The normalized spacial score (nSPS) is 11.1. The van der Waals surface area contributed by atoms with E-state index in [0.717, 1.165) is 27.6 Å². The quantitative estimate of drug-likeness (QED) is 0.529. The highest BCUT2D eigenvalue weighted by Crippen LogP contribution is 2.32. The number of amides is 1. The fourth-order valence-electron chi connectivity index (χ4n) is 3.35. The first-order valence-electron chi connectivity index (χ1n) is 10.0. The fraction of sp³-hybridized carbons (Fsp3) is 0.208. The van der Waals surface area contributed by atoms with Gasteiger partial charge < -0.3 is 14.8 Å². The van der Waals surface area contributed by atoms with Crippen LogP contribution in [0.15, 0.2) is 65.6 Å². The summed E-state index contributed by atoms with van der Waals surface area (Å²) in [7, 11) is -1.39. The van der Waals surface area contributed by atoms with Crippen molar-refractivity contribution in [2.24, 2.45) is 0 Å². The van der Waals surface area contributed by atoms with E-state index in [-0.39, 0.29) is 16.3 Å². The Morgan fingerprint density at radius 1 is 0.939 bits per heavy atom. The predicted molar refractivity (Wildman–Crippen MR) is 125 cm³/mol. The van der Waals surface area contributed by atoms with E-state index in [1.165, 1.54) is 44.6 Å². The number of hydrogen-bond acceptors (Lipinski definition) is 5. The van der Waals surface area contributed by atoms with Crippen molar-refractivity contribution in [1.29, 1.82) is 0 Å². The third-order valence-corrected chi connectivity index (χ3v) is 6.86. The molecule has 0 aromatic heterocycles. The van der Waals surface area contributed by atoms with Gasteiger partial charge in [-0.05, 0) is 61.4 Å². The summed E-state index contributed by atoms with van der Waals surface area (Å²) in [5.74, 6) is -0.488. The second-order valence-electron chi connectivity index (χ2n) is 7.32. The van der Waals surface area contributed by atoms with Crippen LogP contribution in [0.5, 0.6) is 11.5 Å². The number of nitrogens with zero attached hydrogens (tertiary/aromatic N) is 1. The lowest BCUT2D eigenvalue weighted by Crippen LogP contribution is -2.38. The SMILES string of the molecule is COc1ccc(S(=O)(=O)N(CC(=O)Nc2c(C)cccc2C)c2ccc(F)cc2)cc1OC. The van der Waals surface area contributed by atoms with Crippen LogP contribution in [0.4, 0.5) is 15.8 Å². The van der Waals surface area contributed by atoms with Crippen molar-refractivity contribution in [1.82, 2.24) is 0 Å². The van der Waals surface area contributed by atoms with Crippen LogP contribution in [0.1, 0.15) is 11.1 Å². The summed E-state index contributed by atoms with van der Waals surface area (Å²) >= 11 is 0. The molecule has 3 aromatic rings. The highest BCUT2D eigenvalue weighted by molar-refractivity contribution is 7.92. The maximum atomic E-state index is 13.6. The van der Waals surface area contributed by atoms with Crippen LogP contribution in [0.25, 0.3) is 0 Å². The summed E-state index contributed by atoms with van der Waals surface area (Å²) in [5.41, 5.74) is 2.45. The molecule has 9 heteroatoms. The molecule has 1 N–H and O–H groups in total. The van der Waals surface area contributed by atoms with E-state index in [9.17, 15) is 17.6 Å². The molecule has 0 spiro atoms. The highest BCUT2D eigenvalue weighted by Gasteiger charge is 2.28. The second-order valence-corrected chi connectivity index (χ2v) is 9.18. The Bertz CT molecular complexity index is 1240. The molecule has 0 bridgehead atoms. The number of carbonyl (C=O) groups excluding carboxylic acids is 1. The lowest BCUT2D eigenvalue weighted by Gasteiger charge is -2.25. The van der Waals surface area contributed by atoms with E-state index < -0.39 is 28.3 Å². The number of halogens is 1. The number of carbonyl (C=O) groups is 1. The third kappa shape index (κ3) is 5.25. The number of benzene rings is 3. The van der Waals surface area contributed by atoms with E-state index in [1.807, 2.05) is 32.0 Å². The smallest absolute Gasteiger partial charge is 0.264 e. The van der Waals surface area contributed by atoms with E-state index in [4.69, 9.17) is 9.47 Å². The number of methoxy groups -OCH3 is 2. The van der Waals surface area contributed by atoms with Crippen LogP contribution in [-0.2, 0) is 14.8 Å². The molecule has 3 rings (SSSR count). The topological polar surface area (TPSA) is 84.9 Å². The number of sulfonamides is 1. The molecule has 0 heterocycles. The zero-order chi connectivity index (χ0) is 24.2. The maximum Gasteiger partial charge on any atom is 0.264 e. The molecule has 0 aliphatic carbocycles.